The van der Waals surface area contributed by atoms with E-state index in [1.54, 1.807) is 12.4 Å². The van der Waals surface area contributed by atoms with Crippen LogP contribution in [-0.4, -0.2) is 24.0 Å². The molecule has 1 saturated heterocycles. The standard InChI is InChI=1S/C15H23N3O.2ClH/c1-11-5-7-17-10-14(11)18-15(19)8-12(2)13-4-3-6-16-9-13;;/h5,7,10,12-13,16H,3-4,6,8-9H2,1-2H3,(H,18,19);2*1H. The molecule has 1 aliphatic heterocycles. The van der Waals surface area contributed by atoms with Gasteiger partial charge in [-0.2, -0.15) is 0 Å². The van der Waals surface area contributed by atoms with Crippen LogP contribution in [-0.2, 0) is 4.79 Å². The highest BCUT2D eigenvalue weighted by molar-refractivity contribution is 5.91. The Kier molecular flexibility index (Phi) is 9.58. The molecule has 2 rings (SSSR count). The zero-order chi connectivity index (χ0) is 13.7. The van der Waals surface area contributed by atoms with Gasteiger partial charge in [-0.1, -0.05) is 6.92 Å². The number of carbonyl (C=O) groups excluding carboxylic acids is 1. The largest absolute Gasteiger partial charge is 0.325 e. The third-order valence-corrected chi connectivity index (χ3v) is 3.96. The van der Waals surface area contributed by atoms with Crippen molar-refractivity contribution in [3.63, 3.8) is 0 Å². The number of carbonyl (C=O) groups is 1. The Bertz CT molecular complexity index is 437. The minimum Gasteiger partial charge on any atom is -0.325 e. The molecule has 2 unspecified atom stereocenters. The molecule has 0 bridgehead atoms. The topological polar surface area (TPSA) is 54.0 Å². The second-order valence-corrected chi connectivity index (χ2v) is 5.53. The molecule has 1 aromatic rings. The first-order valence-corrected chi connectivity index (χ1v) is 7.08. The van der Waals surface area contributed by atoms with Crippen LogP contribution in [0.15, 0.2) is 18.5 Å². The Morgan fingerprint density at radius 3 is 2.90 bits per heavy atom. The summed E-state index contributed by atoms with van der Waals surface area (Å²) >= 11 is 0. The number of nitrogens with zero attached hydrogens (tertiary/aromatic N) is 1. The molecule has 1 aromatic heterocycles. The number of nitrogens with one attached hydrogen (secondary N) is 2. The van der Waals surface area contributed by atoms with E-state index in [9.17, 15) is 4.79 Å². The summed E-state index contributed by atoms with van der Waals surface area (Å²) < 4.78 is 0. The van der Waals surface area contributed by atoms with Crippen LogP contribution in [0.5, 0.6) is 0 Å². The molecule has 0 aromatic carbocycles. The minimum absolute atomic E-state index is 0. The van der Waals surface area contributed by atoms with Gasteiger partial charge in [0.25, 0.3) is 0 Å². The number of aryl methyl sites for hydroxylation is 1. The summed E-state index contributed by atoms with van der Waals surface area (Å²) in [6, 6.07) is 1.91. The summed E-state index contributed by atoms with van der Waals surface area (Å²) in [5.74, 6) is 1.13. The summed E-state index contributed by atoms with van der Waals surface area (Å²) in [5.41, 5.74) is 1.87. The fraction of sp³-hybridized carbons (Fsp3) is 0.600. The smallest absolute Gasteiger partial charge is 0.224 e. The van der Waals surface area contributed by atoms with Gasteiger partial charge >= 0.3 is 0 Å². The average Bonchev–Trinajstić information content (AvgIpc) is 2.42. The van der Waals surface area contributed by atoms with Gasteiger partial charge in [-0.3, -0.25) is 9.78 Å². The van der Waals surface area contributed by atoms with Gasteiger partial charge in [0, 0.05) is 12.6 Å². The van der Waals surface area contributed by atoms with Crippen molar-refractivity contribution < 1.29 is 4.79 Å². The van der Waals surface area contributed by atoms with Crippen LogP contribution in [0.2, 0.25) is 0 Å². The fourth-order valence-corrected chi connectivity index (χ4v) is 2.62. The number of piperidine rings is 1. The number of amides is 1. The van der Waals surface area contributed by atoms with E-state index in [-0.39, 0.29) is 30.7 Å². The van der Waals surface area contributed by atoms with Crippen molar-refractivity contribution >= 4 is 36.4 Å². The molecule has 0 aliphatic carbocycles. The number of anilines is 1. The van der Waals surface area contributed by atoms with Crippen LogP contribution in [0.3, 0.4) is 0 Å². The van der Waals surface area contributed by atoms with E-state index >= 15 is 0 Å². The van der Waals surface area contributed by atoms with Gasteiger partial charge in [0.15, 0.2) is 0 Å². The molecule has 4 nitrogen and oxygen atoms in total. The molecular weight excluding hydrogens is 309 g/mol. The molecule has 21 heavy (non-hydrogen) atoms. The molecule has 1 fully saturated rings. The summed E-state index contributed by atoms with van der Waals surface area (Å²) in [6.45, 7) is 6.31. The van der Waals surface area contributed by atoms with Crippen molar-refractivity contribution in [2.24, 2.45) is 11.8 Å². The molecule has 0 radical (unpaired) electrons. The van der Waals surface area contributed by atoms with E-state index < -0.39 is 0 Å². The van der Waals surface area contributed by atoms with Crippen molar-refractivity contribution in [2.75, 3.05) is 18.4 Å². The summed E-state index contributed by atoms with van der Waals surface area (Å²) in [6.07, 6.45) is 6.48. The lowest BCUT2D eigenvalue weighted by Crippen LogP contribution is -2.34. The fourth-order valence-electron chi connectivity index (χ4n) is 2.62. The first-order chi connectivity index (χ1) is 9.16. The Morgan fingerprint density at radius 2 is 2.29 bits per heavy atom. The SMILES string of the molecule is Cc1ccncc1NC(=O)CC(C)C1CCCNC1.Cl.Cl. The maximum atomic E-state index is 12.1. The maximum Gasteiger partial charge on any atom is 0.224 e. The van der Waals surface area contributed by atoms with Crippen LogP contribution in [0.4, 0.5) is 5.69 Å². The number of hydrogen-bond acceptors (Lipinski definition) is 3. The van der Waals surface area contributed by atoms with Crippen molar-refractivity contribution in [3.05, 3.63) is 24.0 Å². The van der Waals surface area contributed by atoms with E-state index in [1.165, 1.54) is 12.8 Å². The lowest BCUT2D eigenvalue weighted by atomic mass is 9.85. The molecular formula is C15H25Cl2N3O. The summed E-state index contributed by atoms with van der Waals surface area (Å²) in [7, 11) is 0. The zero-order valence-corrected chi connectivity index (χ0v) is 14.2. The van der Waals surface area contributed by atoms with Gasteiger partial charge in [-0.25, -0.2) is 0 Å². The molecule has 1 amide bonds. The van der Waals surface area contributed by atoms with Crippen molar-refractivity contribution in [2.45, 2.75) is 33.1 Å². The third kappa shape index (κ3) is 6.20. The first kappa shape index (κ1) is 20.2. The highest BCUT2D eigenvalue weighted by Gasteiger charge is 2.22. The summed E-state index contributed by atoms with van der Waals surface area (Å²) in [4.78, 5) is 16.1. The predicted molar refractivity (Wildman–Crippen MR) is 91.5 cm³/mol. The lowest BCUT2D eigenvalue weighted by Gasteiger charge is -2.28. The van der Waals surface area contributed by atoms with E-state index in [4.69, 9.17) is 0 Å². The van der Waals surface area contributed by atoms with Crippen LogP contribution in [0.25, 0.3) is 0 Å². The maximum absolute atomic E-state index is 12.1. The van der Waals surface area contributed by atoms with Gasteiger partial charge in [0.2, 0.25) is 5.91 Å². The number of rotatable bonds is 4. The third-order valence-electron chi connectivity index (χ3n) is 3.96. The summed E-state index contributed by atoms with van der Waals surface area (Å²) in [5, 5.41) is 6.36. The lowest BCUT2D eigenvalue weighted by molar-refractivity contribution is -0.117. The predicted octanol–water partition coefficient (Wildman–Crippen LogP) is 3.20. The molecule has 120 valence electrons. The molecule has 6 heteroatoms. The molecule has 0 saturated carbocycles. The molecule has 0 spiro atoms. The molecule has 2 N–H and O–H groups in total. The number of pyridine rings is 1. The Hall–Kier alpha value is -0.840. The Balaban J connectivity index is 0.00000200. The van der Waals surface area contributed by atoms with Crippen LogP contribution >= 0.6 is 24.8 Å². The normalized spacial score (nSPS) is 18.9. The quantitative estimate of drug-likeness (QED) is 0.889. The molecule has 2 heterocycles. The second kappa shape index (κ2) is 9.98. The number of halogens is 2. The van der Waals surface area contributed by atoms with E-state index in [2.05, 4.69) is 22.5 Å². The van der Waals surface area contributed by atoms with E-state index in [0.29, 0.717) is 18.3 Å². The molecule has 1 aliphatic rings. The second-order valence-electron chi connectivity index (χ2n) is 5.53. The average molecular weight is 334 g/mol. The van der Waals surface area contributed by atoms with Gasteiger partial charge in [-0.15, -0.1) is 24.8 Å². The molecule has 2 atom stereocenters. The van der Waals surface area contributed by atoms with Gasteiger partial charge < -0.3 is 10.6 Å². The Labute approximate surface area is 139 Å². The van der Waals surface area contributed by atoms with Crippen LogP contribution in [0.1, 0.15) is 31.7 Å². The Morgan fingerprint density at radius 1 is 1.52 bits per heavy atom. The number of aromatic nitrogens is 1. The van der Waals surface area contributed by atoms with Crippen LogP contribution in [0, 0.1) is 18.8 Å². The van der Waals surface area contributed by atoms with Gasteiger partial charge in [-0.05, 0) is 56.3 Å². The minimum atomic E-state index is 0. The highest BCUT2D eigenvalue weighted by atomic mass is 35.5. The first-order valence-electron chi connectivity index (χ1n) is 7.08. The van der Waals surface area contributed by atoms with E-state index in [1.807, 2.05) is 13.0 Å². The highest BCUT2D eigenvalue weighted by Crippen LogP contribution is 2.23. The van der Waals surface area contributed by atoms with Crippen molar-refractivity contribution in [1.29, 1.82) is 0 Å². The van der Waals surface area contributed by atoms with Crippen LogP contribution < -0.4 is 10.6 Å². The van der Waals surface area contributed by atoms with Crippen molar-refractivity contribution in [1.82, 2.24) is 10.3 Å². The van der Waals surface area contributed by atoms with Gasteiger partial charge in [0.1, 0.15) is 0 Å². The zero-order valence-electron chi connectivity index (χ0n) is 12.6. The van der Waals surface area contributed by atoms with Crippen molar-refractivity contribution in [3.8, 4) is 0 Å². The monoisotopic (exact) mass is 333 g/mol. The number of hydrogen-bond donors (Lipinski definition) is 2. The van der Waals surface area contributed by atoms with Gasteiger partial charge in [0.05, 0.1) is 11.9 Å². The van der Waals surface area contributed by atoms with E-state index in [0.717, 1.165) is 24.3 Å².